The molecule has 0 amide bonds. The molecule has 3 aromatic carbocycles. The van der Waals surface area contributed by atoms with E-state index >= 15 is 0 Å². The number of aromatic nitrogens is 1. The van der Waals surface area contributed by atoms with Gasteiger partial charge in [0.2, 0.25) is 0 Å². The van der Waals surface area contributed by atoms with Gasteiger partial charge in [0.1, 0.15) is 0 Å². The Labute approximate surface area is 169 Å². The summed E-state index contributed by atoms with van der Waals surface area (Å²) >= 11 is 12.2. The lowest BCUT2D eigenvalue weighted by atomic mass is 10.1. The summed E-state index contributed by atoms with van der Waals surface area (Å²) in [5.74, 6) is 0. The minimum Gasteiger partial charge on any atom is -0.341 e. The third-order valence-electron chi connectivity index (χ3n) is 5.07. The lowest BCUT2D eigenvalue weighted by Gasteiger charge is -2.08. The van der Waals surface area contributed by atoms with Gasteiger partial charge < -0.3 is 9.88 Å². The van der Waals surface area contributed by atoms with Gasteiger partial charge in [-0.2, -0.15) is 0 Å². The first-order chi connectivity index (χ1) is 13.2. The van der Waals surface area contributed by atoms with Gasteiger partial charge in [0.05, 0.1) is 0 Å². The standard InChI is InChI=1S/C23H22Cl2N2/c1-2-27-22-6-4-3-5-19(22)20-13-16(7-10-23(20)27)15-26-12-11-17-8-9-18(24)14-21(17)25/h3-10,13-14,26H,2,11-12,15H2,1H3. The van der Waals surface area contributed by atoms with E-state index in [0.717, 1.165) is 36.6 Å². The van der Waals surface area contributed by atoms with Gasteiger partial charge in [0, 0.05) is 44.9 Å². The normalized spacial score (nSPS) is 11.5. The van der Waals surface area contributed by atoms with Crippen molar-refractivity contribution in [3.05, 3.63) is 81.8 Å². The van der Waals surface area contributed by atoms with Crippen LogP contribution >= 0.6 is 23.2 Å². The summed E-state index contributed by atoms with van der Waals surface area (Å²) in [6.45, 7) is 4.88. The fourth-order valence-electron chi connectivity index (χ4n) is 3.73. The van der Waals surface area contributed by atoms with Crippen LogP contribution in [0, 0.1) is 0 Å². The Morgan fingerprint density at radius 2 is 1.70 bits per heavy atom. The van der Waals surface area contributed by atoms with Gasteiger partial charge in [-0.15, -0.1) is 0 Å². The van der Waals surface area contributed by atoms with E-state index in [9.17, 15) is 0 Å². The van der Waals surface area contributed by atoms with Gasteiger partial charge in [-0.3, -0.25) is 0 Å². The molecule has 0 unspecified atom stereocenters. The second-order valence-corrected chi connectivity index (χ2v) is 7.62. The molecule has 2 nitrogen and oxygen atoms in total. The molecule has 0 fully saturated rings. The van der Waals surface area contributed by atoms with E-state index < -0.39 is 0 Å². The summed E-state index contributed by atoms with van der Waals surface area (Å²) in [7, 11) is 0. The van der Waals surface area contributed by atoms with Crippen LogP contribution < -0.4 is 5.32 Å². The van der Waals surface area contributed by atoms with E-state index in [0.29, 0.717) is 5.02 Å². The maximum Gasteiger partial charge on any atom is 0.0491 e. The van der Waals surface area contributed by atoms with Crippen molar-refractivity contribution in [1.29, 1.82) is 0 Å². The first-order valence-electron chi connectivity index (χ1n) is 9.32. The van der Waals surface area contributed by atoms with Gasteiger partial charge in [-0.05, 0) is 61.3 Å². The van der Waals surface area contributed by atoms with Crippen molar-refractivity contribution in [1.82, 2.24) is 9.88 Å². The second kappa shape index (κ2) is 7.93. The molecular formula is C23H22Cl2N2. The van der Waals surface area contributed by atoms with E-state index in [4.69, 9.17) is 23.2 Å². The Morgan fingerprint density at radius 1 is 0.889 bits per heavy atom. The van der Waals surface area contributed by atoms with Gasteiger partial charge in [0.15, 0.2) is 0 Å². The Kier molecular flexibility index (Phi) is 5.40. The molecule has 4 aromatic rings. The summed E-state index contributed by atoms with van der Waals surface area (Å²) in [6, 6.07) is 21.1. The van der Waals surface area contributed by atoms with Crippen LogP contribution in [0.2, 0.25) is 10.0 Å². The average molecular weight is 397 g/mol. The first-order valence-corrected chi connectivity index (χ1v) is 10.1. The van der Waals surface area contributed by atoms with Crippen LogP contribution in [0.5, 0.6) is 0 Å². The zero-order valence-electron chi connectivity index (χ0n) is 15.3. The van der Waals surface area contributed by atoms with Gasteiger partial charge >= 0.3 is 0 Å². The molecular weight excluding hydrogens is 375 g/mol. The predicted molar refractivity (Wildman–Crippen MR) is 117 cm³/mol. The minimum atomic E-state index is 0.677. The monoisotopic (exact) mass is 396 g/mol. The molecule has 0 radical (unpaired) electrons. The highest BCUT2D eigenvalue weighted by Crippen LogP contribution is 2.29. The van der Waals surface area contributed by atoms with Crippen LogP contribution in [0.15, 0.2) is 60.7 Å². The minimum absolute atomic E-state index is 0.677. The summed E-state index contributed by atoms with van der Waals surface area (Å²) in [5.41, 5.74) is 5.02. The van der Waals surface area contributed by atoms with Crippen molar-refractivity contribution in [3.8, 4) is 0 Å². The molecule has 1 N–H and O–H groups in total. The molecule has 0 saturated carbocycles. The van der Waals surface area contributed by atoms with Crippen molar-refractivity contribution in [2.24, 2.45) is 0 Å². The zero-order chi connectivity index (χ0) is 18.8. The largest absolute Gasteiger partial charge is 0.341 e. The Bertz CT molecular complexity index is 1100. The molecule has 4 heteroatoms. The number of benzene rings is 3. The number of para-hydroxylation sites is 1. The number of fused-ring (bicyclic) bond motifs is 3. The maximum absolute atomic E-state index is 6.25. The fraction of sp³-hybridized carbons (Fsp3) is 0.217. The molecule has 0 atom stereocenters. The van der Waals surface area contributed by atoms with E-state index in [1.54, 1.807) is 6.07 Å². The van der Waals surface area contributed by atoms with E-state index in [-0.39, 0.29) is 0 Å². The number of halogens is 2. The highest BCUT2D eigenvalue weighted by atomic mass is 35.5. The van der Waals surface area contributed by atoms with E-state index in [1.165, 1.54) is 27.4 Å². The third kappa shape index (κ3) is 3.70. The molecule has 0 aliphatic carbocycles. The van der Waals surface area contributed by atoms with Crippen LogP contribution in [0.4, 0.5) is 0 Å². The molecule has 0 aliphatic rings. The Balaban J connectivity index is 1.49. The highest BCUT2D eigenvalue weighted by Gasteiger charge is 2.09. The fourth-order valence-corrected chi connectivity index (χ4v) is 4.23. The molecule has 0 aliphatic heterocycles. The lowest BCUT2D eigenvalue weighted by Crippen LogP contribution is -2.16. The molecule has 0 bridgehead atoms. The van der Waals surface area contributed by atoms with Crippen LogP contribution in [-0.2, 0) is 19.5 Å². The zero-order valence-corrected chi connectivity index (χ0v) is 16.8. The third-order valence-corrected chi connectivity index (χ3v) is 5.66. The molecule has 138 valence electrons. The molecule has 0 spiro atoms. The maximum atomic E-state index is 6.25. The molecule has 1 aromatic heterocycles. The number of nitrogens with one attached hydrogen (secondary N) is 1. The molecule has 4 rings (SSSR count). The van der Waals surface area contributed by atoms with Crippen molar-refractivity contribution in [2.45, 2.75) is 26.4 Å². The number of rotatable bonds is 6. The Hall–Kier alpha value is -2.00. The summed E-state index contributed by atoms with van der Waals surface area (Å²) in [6.07, 6.45) is 0.882. The van der Waals surface area contributed by atoms with Crippen molar-refractivity contribution in [3.63, 3.8) is 0 Å². The topological polar surface area (TPSA) is 17.0 Å². The Morgan fingerprint density at radius 3 is 2.52 bits per heavy atom. The van der Waals surface area contributed by atoms with Crippen LogP contribution in [0.1, 0.15) is 18.1 Å². The number of hydrogen-bond donors (Lipinski definition) is 1. The van der Waals surface area contributed by atoms with Crippen molar-refractivity contribution in [2.75, 3.05) is 6.54 Å². The van der Waals surface area contributed by atoms with Gasteiger partial charge in [0.25, 0.3) is 0 Å². The van der Waals surface area contributed by atoms with Crippen LogP contribution in [0.3, 0.4) is 0 Å². The SMILES string of the molecule is CCn1c2ccccc2c2cc(CNCCc3ccc(Cl)cc3Cl)ccc21. The van der Waals surface area contributed by atoms with Crippen molar-refractivity contribution < 1.29 is 0 Å². The summed E-state index contributed by atoms with van der Waals surface area (Å²) < 4.78 is 2.38. The summed E-state index contributed by atoms with van der Waals surface area (Å²) in [5, 5.41) is 7.59. The number of hydrogen-bond acceptors (Lipinski definition) is 1. The molecule has 27 heavy (non-hydrogen) atoms. The average Bonchev–Trinajstić information content (AvgIpc) is 2.99. The molecule has 1 heterocycles. The quantitative estimate of drug-likeness (QED) is 0.370. The van der Waals surface area contributed by atoms with Crippen LogP contribution in [-0.4, -0.2) is 11.1 Å². The number of aryl methyl sites for hydroxylation is 1. The van der Waals surface area contributed by atoms with E-state index in [1.807, 2.05) is 12.1 Å². The van der Waals surface area contributed by atoms with Gasteiger partial charge in [-0.1, -0.05) is 53.5 Å². The van der Waals surface area contributed by atoms with Crippen LogP contribution in [0.25, 0.3) is 21.8 Å². The van der Waals surface area contributed by atoms with E-state index in [2.05, 4.69) is 59.3 Å². The second-order valence-electron chi connectivity index (χ2n) is 6.78. The first kappa shape index (κ1) is 18.4. The van der Waals surface area contributed by atoms with Gasteiger partial charge in [-0.25, -0.2) is 0 Å². The predicted octanol–water partition coefficient (Wildman–Crippen LogP) is 6.45. The lowest BCUT2D eigenvalue weighted by molar-refractivity contribution is 0.687. The number of nitrogens with zero attached hydrogens (tertiary/aromatic N) is 1. The molecule has 0 saturated heterocycles. The smallest absolute Gasteiger partial charge is 0.0491 e. The summed E-state index contributed by atoms with van der Waals surface area (Å²) in [4.78, 5) is 0. The van der Waals surface area contributed by atoms with Crippen molar-refractivity contribution >= 4 is 45.0 Å². The highest BCUT2D eigenvalue weighted by molar-refractivity contribution is 6.35.